The van der Waals surface area contributed by atoms with E-state index in [9.17, 15) is 4.39 Å². The SMILES string of the molecule is Fc1ccccc1CCN1CCCC[C@H]1COI. The maximum atomic E-state index is 13.5. The fourth-order valence-corrected chi connectivity index (χ4v) is 3.00. The van der Waals surface area contributed by atoms with Crippen LogP contribution in [0.15, 0.2) is 24.3 Å². The highest BCUT2D eigenvalue weighted by molar-refractivity contribution is 14.1. The summed E-state index contributed by atoms with van der Waals surface area (Å²) in [5.74, 6) is -0.0869. The molecule has 0 unspecified atom stereocenters. The van der Waals surface area contributed by atoms with Crippen LogP contribution < -0.4 is 0 Å². The van der Waals surface area contributed by atoms with Crippen molar-refractivity contribution >= 4 is 23.0 Å². The van der Waals surface area contributed by atoms with E-state index >= 15 is 0 Å². The van der Waals surface area contributed by atoms with Crippen molar-refractivity contribution in [2.24, 2.45) is 0 Å². The van der Waals surface area contributed by atoms with Crippen molar-refractivity contribution in [1.82, 2.24) is 4.90 Å². The average molecular weight is 363 g/mol. The second-order valence-electron chi connectivity index (χ2n) is 4.80. The van der Waals surface area contributed by atoms with Crippen LogP contribution in [0.4, 0.5) is 4.39 Å². The first-order valence-corrected chi connectivity index (χ1v) is 7.40. The molecule has 1 saturated heterocycles. The molecule has 1 aliphatic rings. The summed E-state index contributed by atoms with van der Waals surface area (Å²) in [6.45, 7) is 2.81. The Morgan fingerprint density at radius 1 is 1.33 bits per heavy atom. The second-order valence-corrected chi connectivity index (χ2v) is 5.43. The van der Waals surface area contributed by atoms with Crippen LogP contribution in [-0.4, -0.2) is 30.6 Å². The predicted molar refractivity (Wildman–Crippen MR) is 79.3 cm³/mol. The molecule has 0 N–H and O–H groups in total. The number of piperidine rings is 1. The van der Waals surface area contributed by atoms with Gasteiger partial charge in [-0.25, -0.2) is 4.39 Å². The third-order valence-corrected chi connectivity index (χ3v) is 3.99. The fraction of sp³-hybridized carbons (Fsp3) is 0.571. The van der Waals surface area contributed by atoms with Crippen LogP contribution in [0.1, 0.15) is 24.8 Å². The van der Waals surface area contributed by atoms with Gasteiger partial charge in [0.25, 0.3) is 0 Å². The summed E-state index contributed by atoms with van der Waals surface area (Å²) in [5.41, 5.74) is 0.817. The molecule has 0 saturated carbocycles. The van der Waals surface area contributed by atoms with Gasteiger partial charge in [0.2, 0.25) is 0 Å². The standard InChI is InChI=1S/C14H19FINO/c15-14-7-2-1-5-12(14)8-10-17-9-4-3-6-13(17)11-18-16/h1-2,5,7,13H,3-4,6,8-11H2/t13-/m0/s1. The number of hydrogen-bond acceptors (Lipinski definition) is 2. The number of likely N-dealkylation sites (tertiary alicyclic amines) is 1. The Labute approximate surface area is 122 Å². The third kappa shape index (κ3) is 3.90. The molecule has 1 heterocycles. The minimum atomic E-state index is -0.0869. The topological polar surface area (TPSA) is 12.5 Å². The van der Waals surface area contributed by atoms with Gasteiger partial charge in [0.15, 0.2) is 0 Å². The number of benzene rings is 1. The lowest BCUT2D eigenvalue weighted by molar-refractivity contribution is 0.117. The van der Waals surface area contributed by atoms with Gasteiger partial charge in [0, 0.05) is 12.6 Å². The van der Waals surface area contributed by atoms with Gasteiger partial charge in [-0.2, -0.15) is 0 Å². The Bertz CT molecular complexity index is 373. The van der Waals surface area contributed by atoms with E-state index in [2.05, 4.69) is 4.90 Å². The van der Waals surface area contributed by atoms with Crippen molar-refractivity contribution in [3.8, 4) is 0 Å². The molecule has 0 bridgehead atoms. The molecule has 0 spiro atoms. The molecule has 4 heteroatoms. The summed E-state index contributed by atoms with van der Waals surface area (Å²) >= 11 is 1.96. The number of rotatable bonds is 5. The van der Waals surface area contributed by atoms with E-state index in [4.69, 9.17) is 3.07 Å². The van der Waals surface area contributed by atoms with Crippen LogP contribution in [0, 0.1) is 5.82 Å². The van der Waals surface area contributed by atoms with Gasteiger partial charge >= 0.3 is 0 Å². The maximum absolute atomic E-state index is 13.5. The van der Waals surface area contributed by atoms with Gasteiger partial charge in [0.1, 0.15) is 28.8 Å². The molecule has 18 heavy (non-hydrogen) atoms. The first-order chi connectivity index (χ1) is 8.81. The molecule has 2 nitrogen and oxygen atoms in total. The van der Waals surface area contributed by atoms with Gasteiger partial charge in [-0.15, -0.1) is 0 Å². The minimum absolute atomic E-state index is 0.0869. The third-order valence-electron chi connectivity index (χ3n) is 3.63. The van der Waals surface area contributed by atoms with E-state index in [1.54, 1.807) is 6.07 Å². The van der Waals surface area contributed by atoms with Crippen LogP contribution in [0.3, 0.4) is 0 Å². The molecule has 1 atom stereocenters. The Hall–Kier alpha value is -0.200. The zero-order chi connectivity index (χ0) is 12.8. The molecule has 2 rings (SSSR count). The normalized spacial score (nSPS) is 21.1. The van der Waals surface area contributed by atoms with Gasteiger partial charge in [-0.1, -0.05) is 24.6 Å². The average Bonchev–Trinajstić information content (AvgIpc) is 2.40. The highest BCUT2D eigenvalue weighted by Gasteiger charge is 2.22. The Kier molecular flexibility index (Phi) is 5.85. The molecule has 1 aromatic rings. The maximum Gasteiger partial charge on any atom is 0.126 e. The number of hydrogen-bond donors (Lipinski definition) is 0. The zero-order valence-corrected chi connectivity index (χ0v) is 12.6. The molecule has 100 valence electrons. The largest absolute Gasteiger partial charge is 0.314 e. The van der Waals surface area contributed by atoms with Crippen LogP contribution in [-0.2, 0) is 9.49 Å². The van der Waals surface area contributed by atoms with E-state index < -0.39 is 0 Å². The number of nitrogens with zero attached hydrogens (tertiary/aromatic N) is 1. The van der Waals surface area contributed by atoms with Gasteiger partial charge < -0.3 is 3.07 Å². The summed E-state index contributed by atoms with van der Waals surface area (Å²) in [4.78, 5) is 2.44. The fourth-order valence-electron chi connectivity index (χ4n) is 2.58. The van der Waals surface area contributed by atoms with Crippen LogP contribution in [0.5, 0.6) is 0 Å². The summed E-state index contributed by atoms with van der Waals surface area (Å²) in [6, 6.07) is 7.56. The van der Waals surface area contributed by atoms with Crippen molar-refractivity contribution in [2.45, 2.75) is 31.7 Å². The Morgan fingerprint density at radius 3 is 2.94 bits per heavy atom. The van der Waals surface area contributed by atoms with Crippen molar-refractivity contribution in [1.29, 1.82) is 0 Å². The van der Waals surface area contributed by atoms with E-state index in [1.165, 1.54) is 25.3 Å². The second kappa shape index (κ2) is 7.40. The summed E-state index contributed by atoms with van der Waals surface area (Å²) in [6.07, 6.45) is 4.50. The quantitative estimate of drug-likeness (QED) is 0.742. The number of halogens is 2. The van der Waals surface area contributed by atoms with E-state index in [0.717, 1.165) is 31.7 Å². The van der Waals surface area contributed by atoms with E-state index in [-0.39, 0.29) is 5.82 Å². The van der Waals surface area contributed by atoms with Gasteiger partial charge in [-0.3, -0.25) is 4.90 Å². The molecule has 0 amide bonds. The molecule has 1 fully saturated rings. The monoisotopic (exact) mass is 363 g/mol. The van der Waals surface area contributed by atoms with Gasteiger partial charge in [0.05, 0.1) is 6.61 Å². The van der Waals surface area contributed by atoms with Crippen LogP contribution in [0.2, 0.25) is 0 Å². The Morgan fingerprint density at radius 2 is 2.17 bits per heavy atom. The molecular weight excluding hydrogens is 344 g/mol. The van der Waals surface area contributed by atoms with Crippen molar-refractivity contribution < 1.29 is 7.46 Å². The molecule has 0 radical (unpaired) electrons. The van der Waals surface area contributed by atoms with Gasteiger partial charge in [-0.05, 0) is 37.4 Å². The lowest BCUT2D eigenvalue weighted by Crippen LogP contribution is -2.43. The smallest absolute Gasteiger partial charge is 0.126 e. The predicted octanol–water partition coefficient (Wildman–Crippen LogP) is 3.59. The van der Waals surface area contributed by atoms with Crippen LogP contribution >= 0.6 is 23.0 Å². The minimum Gasteiger partial charge on any atom is -0.314 e. The summed E-state index contributed by atoms with van der Waals surface area (Å²) in [5, 5.41) is 0. The lowest BCUT2D eigenvalue weighted by atomic mass is 10.0. The van der Waals surface area contributed by atoms with E-state index in [0.29, 0.717) is 6.04 Å². The summed E-state index contributed by atoms with van der Waals surface area (Å²) < 4.78 is 18.8. The molecular formula is C14H19FINO. The highest BCUT2D eigenvalue weighted by Crippen LogP contribution is 2.19. The molecule has 0 aliphatic carbocycles. The van der Waals surface area contributed by atoms with E-state index in [1.807, 2.05) is 35.1 Å². The van der Waals surface area contributed by atoms with Crippen molar-refractivity contribution in [2.75, 3.05) is 19.7 Å². The first kappa shape index (κ1) is 14.2. The highest BCUT2D eigenvalue weighted by atomic mass is 127. The zero-order valence-electron chi connectivity index (χ0n) is 10.4. The molecule has 1 aliphatic heterocycles. The van der Waals surface area contributed by atoms with Crippen molar-refractivity contribution in [3.05, 3.63) is 35.6 Å². The first-order valence-electron chi connectivity index (χ1n) is 6.52. The van der Waals surface area contributed by atoms with Crippen LogP contribution in [0.25, 0.3) is 0 Å². The van der Waals surface area contributed by atoms with Crippen molar-refractivity contribution in [3.63, 3.8) is 0 Å². The molecule has 0 aromatic heterocycles. The summed E-state index contributed by atoms with van der Waals surface area (Å²) in [7, 11) is 0. The molecule has 1 aromatic carbocycles. The Balaban J connectivity index is 1.89. The lowest BCUT2D eigenvalue weighted by Gasteiger charge is -2.35.